The SMILES string of the molecule is CC(=O)CSN1CCN(Cc2ccccc2)CC1. The number of hydrogen-bond acceptors (Lipinski definition) is 4. The summed E-state index contributed by atoms with van der Waals surface area (Å²) in [5.41, 5.74) is 1.38. The van der Waals surface area contributed by atoms with E-state index in [4.69, 9.17) is 0 Å². The fourth-order valence-electron chi connectivity index (χ4n) is 2.04. The molecule has 1 heterocycles. The first-order valence-electron chi connectivity index (χ1n) is 6.37. The Labute approximate surface area is 113 Å². The Morgan fingerprint density at radius 1 is 1.17 bits per heavy atom. The van der Waals surface area contributed by atoms with Crippen molar-refractivity contribution in [2.24, 2.45) is 0 Å². The van der Waals surface area contributed by atoms with Gasteiger partial charge in [-0.3, -0.25) is 9.69 Å². The Morgan fingerprint density at radius 2 is 1.83 bits per heavy atom. The molecule has 0 aromatic heterocycles. The first-order valence-corrected chi connectivity index (χ1v) is 7.32. The van der Waals surface area contributed by atoms with Crippen molar-refractivity contribution in [3.05, 3.63) is 35.9 Å². The van der Waals surface area contributed by atoms with Gasteiger partial charge in [-0.25, -0.2) is 4.31 Å². The van der Waals surface area contributed by atoms with Crippen LogP contribution in [0.2, 0.25) is 0 Å². The van der Waals surface area contributed by atoms with Gasteiger partial charge in [0.2, 0.25) is 0 Å². The molecule has 0 N–H and O–H groups in total. The van der Waals surface area contributed by atoms with Crippen molar-refractivity contribution >= 4 is 17.7 Å². The molecule has 1 aromatic rings. The second kappa shape index (κ2) is 6.92. The predicted molar refractivity (Wildman–Crippen MR) is 76.4 cm³/mol. The number of benzene rings is 1. The maximum absolute atomic E-state index is 10.9. The number of nitrogens with zero attached hydrogens (tertiary/aromatic N) is 2. The van der Waals surface area contributed by atoms with Gasteiger partial charge >= 0.3 is 0 Å². The summed E-state index contributed by atoms with van der Waals surface area (Å²) in [6.07, 6.45) is 0. The normalized spacial score (nSPS) is 17.8. The van der Waals surface area contributed by atoms with Crippen molar-refractivity contribution in [2.75, 3.05) is 31.9 Å². The number of piperazine rings is 1. The summed E-state index contributed by atoms with van der Waals surface area (Å²) >= 11 is 1.67. The van der Waals surface area contributed by atoms with Crippen molar-refractivity contribution in [1.29, 1.82) is 0 Å². The van der Waals surface area contributed by atoms with E-state index in [1.807, 2.05) is 0 Å². The van der Waals surface area contributed by atoms with Gasteiger partial charge in [-0.05, 0) is 12.5 Å². The van der Waals surface area contributed by atoms with E-state index in [1.54, 1.807) is 18.9 Å². The standard InChI is InChI=1S/C14H20N2OS/c1-13(17)12-18-16-9-7-15(8-10-16)11-14-5-3-2-4-6-14/h2-6H,7-12H2,1H3. The molecule has 1 aliphatic rings. The average Bonchev–Trinajstić information content (AvgIpc) is 2.39. The Kier molecular flexibility index (Phi) is 5.23. The Bertz CT molecular complexity index is 375. The molecule has 1 saturated heterocycles. The second-order valence-corrected chi connectivity index (χ2v) is 5.73. The summed E-state index contributed by atoms with van der Waals surface area (Å²) in [4.78, 5) is 13.4. The van der Waals surface area contributed by atoms with E-state index in [1.165, 1.54) is 5.56 Å². The van der Waals surface area contributed by atoms with Crippen molar-refractivity contribution in [3.63, 3.8) is 0 Å². The quantitative estimate of drug-likeness (QED) is 0.759. The lowest BCUT2D eigenvalue weighted by atomic mass is 10.2. The van der Waals surface area contributed by atoms with Crippen molar-refractivity contribution in [1.82, 2.24) is 9.21 Å². The molecule has 1 aliphatic heterocycles. The van der Waals surface area contributed by atoms with E-state index in [0.29, 0.717) is 5.75 Å². The lowest BCUT2D eigenvalue weighted by Gasteiger charge is -2.33. The van der Waals surface area contributed by atoms with Gasteiger partial charge in [0.1, 0.15) is 5.78 Å². The third-order valence-electron chi connectivity index (χ3n) is 3.03. The van der Waals surface area contributed by atoms with Crippen LogP contribution >= 0.6 is 11.9 Å². The molecule has 0 saturated carbocycles. The van der Waals surface area contributed by atoms with E-state index < -0.39 is 0 Å². The minimum atomic E-state index is 0.256. The van der Waals surface area contributed by atoms with Crippen LogP contribution in [0.1, 0.15) is 12.5 Å². The van der Waals surface area contributed by atoms with Crippen LogP contribution in [0.5, 0.6) is 0 Å². The topological polar surface area (TPSA) is 23.6 Å². The molecule has 0 radical (unpaired) electrons. The second-order valence-electron chi connectivity index (χ2n) is 4.67. The number of Topliss-reactive ketones (excluding diaryl/α,β-unsaturated/α-hetero) is 1. The van der Waals surface area contributed by atoms with Crippen LogP contribution in [-0.2, 0) is 11.3 Å². The lowest BCUT2D eigenvalue weighted by Crippen LogP contribution is -2.43. The largest absolute Gasteiger partial charge is 0.299 e. The number of hydrogen-bond donors (Lipinski definition) is 0. The molecule has 4 heteroatoms. The van der Waals surface area contributed by atoms with Crippen molar-refractivity contribution < 1.29 is 4.79 Å². The van der Waals surface area contributed by atoms with Crippen LogP contribution in [0.15, 0.2) is 30.3 Å². The number of ketones is 1. The average molecular weight is 264 g/mol. The van der Waals surface area contributed by atoms with Gasteiger partial charge < -0.3 is 0 Å². The molecular weight excluding hydrogens is 244 g/mol. The molecule has 98 valence electrons. The number of carbonyl (C=O) groups is 1. The molecule has 0 atom stereocenters. The van der Waals surface area contributed by atoms with Crippen molar-refractivity contribution in [3.8, 4) is 0 Å². The number of rotatable bonds is 5. The maximum Gasteiger partial charge on any atom is 0.141 e. The minimum Gasteiger partial charge on any atom is -0.299 e. The molecule has 2 rings (SSSR count). The highest BCUT2D eigenvalue weighted by Crippen LogP contribution is 2.15. The van der Waals surface area contributed by atoms with Crippen LogP contribution in [0.25, 0.3) is 0 Å². The summed E-state index contributed by atoms with van der Waals surface area (Å²) in [5, 5.41) is 0. The Hall–Kier alpha value is -0.840. The van der Waals surface area contributed by atoms with E-state index in [9.17, 15) is 4.79 Å². The van der Waals surface area contributed by atoms with Crippen LogP contribution in [-0.4, -0.2) is 46.9 Å². The number of carbonyl (C=O) groups excluding carboxylic acids is 1. The minimum absolute atomic E-state index is 0.256. The molecule has 3 nitrogen and oxygen atoms in total. The molecule has 0 unspecified atom stereocenters. The van der Waals surface area contributed by atoms with Gasteiger partial charge in [-0.15, -0.1) is 0 Å². The first kappa shape index (κ1) is 13.6. The van der Waals surface area contributed by atoms with E-state index in [0.717, 1.165) is 32.7 Å². The molecule has 1 aromatic carbocycles. The lowest BCUT2D eigenvalue weighted by molar-refractivity contribution is -0.114. The zero-order valence-corrected chi connectivity index (χ0v) is 11.7. The summed E-state index contributed by atoms with van der Waals surface area (Å²) in [5.74, 6) is 0.866. The molecule has 1 fully saturated rings. The molecule has 0 bridgehead atoms. The molecule has 18 heavy (non-hydrogen) atoms. The van der Waals surface area contributed by atoms with Crippen LogP contribution in [0, 0.1) is 0 Å². The van der Waals surface area contributed by atoms with Gasteiger partial charge in [0.25, 0.3) is 0 Å². The summed E-state index contributed by atoms with van der Waals surface area (Å²) in [6.45, 7) is 6.94. The monoisotopic (exact) mass is 264 g/mol. The van der Waals surface area contributed by atoms with E-state index >= 15 is 0 Å². The van der Waals surface area contributed by atoms with E-state index in [-0.39, 0.29) is 5.78 Å². The summed E-state index contributed by atoms with van der Waals surface area (Å²) in [6, 6.07) is 10.6. The first-order chi connectivity index (χ1) is 8.74. The van der Waals surface area contributed by atoms with Crippen LogP contribution in [0.3, 0.4) is 0 Å². The van der Waals surface area contributed by atoms with Gasteiger partial charge in [0.05, 0.1) is 5.75 Å². The van der Waals surface area contributed by atoms with Crippen molar-refractivity contribution in [2.45, 2.75) is 13.5 Å². The molecule has 0 spiro atoms. The predicted octanol–water partition coefficient (Wildman–Crippen LogP) is 2.04. The van der Waals surface area contributed by atoms with Crippen LogP contribution in [0.4, 0.5) is 0 Å². The van der Waals surface area contributed by atoms with Gasteiger partial charge in [0, 0.05) is 32.7 Å². The highest BCUT2D eigenvalue weighted by molar-refractivity contribution is 7.97. The third-order valence-corrected chi connectivity index (χ3v) is 4.30. The highest BCUT2D eigenvalue weighted by atomic mass is 32.2. The van der Waals surface area contributed by atoms with E-state index in [2.05, 4.69) is 39.5 Å². The smallest absolute Gasteiger partial charge is 0.141 e. The zero-order valence-electron chi connectivity index (χ0n) is 10.8. The third kappa shape index (κ3) is 4.44. The van der Waals surface area contributed by atoms with Gasteiger partial charge in [-0.1, -0.05) is 42.3 Å². The molecular formula is C14H20N2OS. The van der Waals surface area contributed by atoms with Gasteiger partial charge in [0.15, 0.2) is 0 Å². The Morgan fingerprint density at radius 3 is 2.44 bits per heavy atom. The summed E-state index contributed by atoms with van der Waals surface area (Å²) < 4.78 is 2.31. The zero-order chi connectivity index (χ0) is 12.8. The summed E-state index contributed by atoms with van der Waals surface area (Å²) in [7, 11) is 0. The maximum atomic E-state index is 10.9. The van der Waals surface area contributed by atoms with Crippen LogP contribution < -0.4 is 0 Å². The molecule has 0 aliphatic carbocycles. The Balaban J connectivity index is 1.72. The fourth-order valence-corrected chi connectivity index (χ4v) is 2.83. The van der Waals surface area contributed by atoms with Gasteiger partial charge in [-0.2, -0.15) is 0 Å². The molecule has 0 amide bonds. The fraction of sp³-hybridized carbons (Fsp3) is 0.500. The highest BCUT2D eigenvalue weighted by Gasteiger charge is 2.17.